The number of ether oxygens (including phenoxy) is 1. The van der Waals surface area contributed by atoms with E-state index in [1.165, 1.54) is 11.7 Å². The molecule has 0 amide bonds. The molecule has 18 heavy (non-hydrogen) atoms. The molecule has 0 aliphatic heterocycles. The Morgan fingerprint density at radius 1 is 1.17 bits per heavy atom. The van der Waals surface area contributed by atoms with Crippen molar-refractivity contribution in [2.45, 2.75) is 39.0 Å². The van der Waals surface area contributed by atoms with Crippen LogP contribution in [0, 0.1) is 0 Å². The Morgan fingerprint density at radius 3 is 2.28 bits per heavy atom. The van der Waals surface area contributed by atoms with Crippen LogP contribution in [0.15, 0.2) is 30.3 Å². The van der Waals surface area contributed by atoms with Gasteiger partial charge in [0.25, 0.3) is 0 Å². The number of benzene rings is 1. The molecule has 1 atom stereocenters. The third-order valence-corrected chi connectivity index (χ3v) is 4.32. The molecule has 0 radical (unpaired) electrons. The number of nitrogens with zero attached hydrogens (tertiary/aromatic N) is 1. The normalized spacial score (nSPS) is 13.9. The maximum absolute atomic E-state index is 5.36. The van der Waals surface area contributed by atoms with Crippen LogP contribution in [0.3, 0.4) is 0 Å². The van der Waals surface area contributed by atoms with Gasteiger partial charge in [-0.1, -0.05) is 50.0 Å². The molecule has 0 aliphatic carbocycles. The maximum atomic E-state index is 5.36. The summed E-state index contributed by atoms with van der Waals surface area (Å²) in [4.78, 5) is 2.47. The highest BCUT2D eigenvalue weighted by atomic mass is 28.3. The summed E-state index contributed by atoms with van der Waals surface area (Å²) < 4.78 is 5.36. The van der Waals surface area contributed by atoms with Gasteiger partial charge in [0, 0.05) is 13.2 Å². The molecule has 0 aliphatic rings. The van der Waals surface area contributed by atoms with Crippen LogP contribution in [0.25, 0.3) is 0 Å². The third kappa shape index (κ3) is 5.80. The molecule has 0 unspecified atom stereocenters. The van der Waals surface area contributed by atoms with Crippen molar-refractivity contribution >= 4 is 8.07 Å². The Labute approximate surface area is 113 Å². The van der Waals surface area contributed by atoms with Crippen LogP contribution in [-0.2, 0) is 11.2 Å². The largest absolute Gasteiger partial charge is 0.369 e. The summed E-state index contributed by atoms with van der Waals surface area (Å²) in [5, 5.41) is 0. The van der Waals surface area contributed by atoms with E-state index in [4.69, 9.17) is 4.74 Å². The predicted molar refractivity (Wildman–Crippen MR) is 81.5 cm³/mol. The lowest BCUT2D eigenvalue weighted by Gasteiger charge is -2.33. The van der Waals surface area contributed by atoms with Gasteiger partial charge in [0.1, 0.15) is 0 Å². The molecule has 0 heterocycles. The van der Waals surface area contributed by atoms with Crippen molar-refractivity contribution in [2.24, 2.45) is 0 Å². The molecule has 0 N–H and O–H groups in total. The molecular formula is C15H27NOSi. The average molecular weight is 265 g/mol. The highest BCUT2D eigenvalue weighted by Gasteiger charge is 2.22. The van der Waals surface area contributed by atoms with E-state index in [0.717, 1.165) is 13.2 Å². The first kappa shape index (κ1) is 15.4. The van der Waals surface area contributed by atoms with Crippen LogP contribution < -0.4 is 0 Å². The van der Waals surface area contributed by atoms with Gasteiger partial charge in [-0.3, -0.25) is 4.90 Å². The summed E-state index contributed by atoms with van der Waals surface area (Å²) in [6, 6.07) is 11.2. The van der Waals surface area contributed by atoms with E-state index in [2.05, 4.69) is 61.8 Å². The van der Waals surface area contributed by atoms with Crippen LogP contribution in [-0.4, -0.2) is 39.0 Å². The van der Waals surface area contributed by atoms with Crippen LogP contribution in [0.1, 0.15) is 12.5 Å². The fraction of sp³-hybridized carbons (Fsp3) is 0.600. The van der Waals surface area contributed by atoms with Gasteiger partial charge in [-0.2, -0.15) is 0 Å². The lowest BCUT2D eigenvalue weighted by Crippen LogP contribution is -2.46. The van der Waals surface area contributed by atoms with Gasteiger partial charge >= 0.3 is 0 Å². The van der Waals surface area contributed by atoms with Crippen molar-refractivity contribution in [3.8, 4) is 0 Å². The van der Waals surface area contributed by atoms with Crippen LogP contribution in [0.2, 0.25) is 19.6 Å². The summed E-state index contributed by atoms with van der Waals surface area (Å²) in [5.41, 5.74) is 1.40. The molecule has 0 saturated heterocycles. The second-order valence-corrected chi connectivity index (χ2v) is 11.7. The van der Waals surface area contributed by atoms with Crippen molar-refractivity contribution in [1.82, 2.24) is 4.90 Å². The van der Waals surface area contributed by atoms with Crippen molar-refractivity contribution < 1.29 is 4.74 Å². The molecular weight excluding hydrogens is 238 g/mol. The van der Waals surface area contributed by atoms with Crippen molar-refractivity contribution in [1.29, 1.82) is 0 Å². The molecule has 3 heteroatoms. The quantitative estimate of drug-likeness (QED) is 0.553. The first-order valence-electron chi connectivity index (χ1n) is 6.69. The SMILES string of the molecule is COCN(C[Si](C)(C)C)[C@@H](C)Cc1ccccc1. The first-order chi connectivity index (χ1) is 8.42. The van der Waals surface area contributed by atoms with E-state index >= 15 is 0 Å². The zero-order chi connectivity index (χ0) is 13.6. The molecule has 102 valence electrons. The van der Waals surface area contributed by atoms with Crippen LogP contribution in [0.5, 0.6) is 0 Å². The van der Waals surface area contributed by atoms with Gasteiger partial charge in [-0.15, -0.1) is 0 Å². The molecule has 0 fully saturated rings. The number of hydrogen-bond acceptors (Lipinski definition) is 2. The van der Waals surface area contributed by atoms with Gasteiger partial charge in [0.2, 0.25) is 0 Å². The van der Waals surface area contributed by atoms with Crippen LogP contribution >= 0.6 is 0 Å². The van der Waals surface area contributed by atoms with Gasteiger partial charge in [0.05, 0.1) is 14.8 Å². The summed E-state index contributed by atoms with van der Waals surface area (Å²) >= 11 is 0. The summed E-state index contributed by atoms with van der Waals surface area (Å²) in [6.45, 7) is 10.3. The molecule has 0 aromatic heterocycles. The van der Waals surface area contributed by atoms with Gasteiger partial charge < -0.3 is 4.74 Å². The van der Waals surface area contributed by atoms with Crippen molar-refractivity contribution in [3.63, 3.8) is 0 Å². The number of hydrogen-bond donors (Lipinski definition) is 0. The monoisotopic (exact) mass is 265 g/mol. The fourth-order valence-electron chi connectivity index (χ4n) is 2.19. The minimum atomic E-state index is -1.09. The first-order valence-corrected chi connectivity index (χ1v) is 10.4. The number of methoxy groups -OCH3 is 1. The average Bonchev–Trinajstić information content (AvgIpc) is 2.28. The standard InChI is InChI=1S/C15H27NOSi/c1-14(11-15-9-7-6-8-10-15)16(12-17-2)13-18(3,4)5/h6-10,14H,11-13H2,1-5H3/t14-/m0/s1. The maximum Gasteiger partial charge on any atom is 0.0986 e. The van der Waals surface area contributed by atoms with Crippen molar-refractivity contribution in [3.05, 3.63) is 35.9 Å². The zero-order valence-electron chi connectivity index (χ0n) is 12.4. The molecule has 0 spiro atoms. The van der Waals surface area contributed by atoms with E-state index < -0.39 is 8.07 Å². The molecule has 1 rings (SSSR count). The highest BCUT2D eigenvalue weighted by Crippen LogP contribution is 2.12. The smallest absolute Gasteiger partial charge is 0.0986 e. The topological polar surface area (TPSA) is 12.5 Å². The highest BCUT2D eigenvalue weighted by molar-refractivity contribution is 6.76. The fourth-order valence-corrected chi connectivity index (χ4v) is 3.81. The summed E-state index contributed by atoms with van der Waals surface area (Å²) in [6.07, 6.45) is 2.28. The molecule has 1 aromatic rings. The molecule has 0 saturated carbocycles. The lowest BCUT2D eigenvalue weighted by molar-refractivity contribution is 0.0501. The van der Waals surface area contributed by atoms with E-state index in [9.17, 15) is 0 Å². The predicted octanol–water partition coefficient (Wildman–Crippen LogP) is 3.40. The van der Waals surface area contributed by atoms with E-state index in [-0.39, 0.29) is 0 Å². The van der Waals surface area contributed by atoms with Gasteiger partial charge in [-0.05, 0) is 25.1 Å². The lowest BCUT2D eigenvalue weighted by atomic mass is 10.1. The second-order valence-electron chi connectivity index (χ2n) is 6.26. The van der Waals surface area contributed by atoms with E-state index in [0.29, 0.717) is 6.04 Å². The Balaban J connectivity index is 2.62. The van der Waals surface area contributed by atoms with Crippen molar-refractivity contribution in [2.75, 3.05) is 20.0 Å². The van der Waals surface area contributed by atoms with Gasteiger partial charge in [0.15, 0.2) is 0 Å². The van der Waals surface area contributed by atoms with Gasteiger partial charge in [-0.25, -0.2) is 0 Å². The Kier molecular flexibility index (Phi) is 6.06. The summed E-state index contributed by atoms with van der Waals surface area (Å²) in [7, 11) is 0.693. The van der Waals surface area contributed by atoms with E-state index in [1.807, 2.05) is 0 Å². The van der Waals surface area contributed by atoms with Crippen LogP contribution in [0.4, 0.5) is 0 Å². The Bertz CT molecular complexity index is 334. The summed E-state index contributed by atoms with van der Waals surface area (Å²) in [5.74, 6) is 0. The Morgan fingerprint density at radius 2 is 1.78 bits per heavy atom. The minimum absolute atomic E-state index is 0.527. The minimum Gasteiger partial charge on any atom is -0.369 e. The van der Waals surface area contributed by atoms with E-state index in [1.54, 1.807) is 7.11 Å². The molecule has 1 aromatic carbocycles. The molecule has 2 nitrogen and oxygen atoms in total. The molecule has 0 bridgehead atoms. The number of rotatable bonds is 7. The Hall–Kier alpha value is -0.643. The second kappa shape index (κ2) is 7.07. The third-order valence-electron chi connectivity index (χ3n) is 2.97. The zero-order valence-corrected chi connectivity index (χ0v) is 13.4.